The molecule has 0 unspecified atom stereocenters. The van der Waals surface area contributed by atoms with Crippen molar-refractivity contribution in [3.05, 3.63) is 80.8 Å². The van der Waals surface area contributed by atoms with Crippen LogP contribution in [0.3, 0.4) is 0 Å². The number of aromatic nitrogens is 2. The topological polar surface area (TPSA) is 44.1 Å². The Morgan fingerprint density at radius 2 is 2.15 bits per heavy atom. The Morgan fingerprint density at radius 1 is 1.41 bits per heavy atom. The molecule has 7 heteroatoms. The zero-order valence-electron chi connectivity index (χ0n) is 15.0. The molecule has 2 rings (SSSR count). The van der Waals surface area contributed by atoms with Gasteiger partial charge in [-0.3, -0.25) is 0 Å². The molecule has 0 N–H and O–H groups in total. The van der Waals surface area contributed by atoms with Crippen LogP contribution in [0.4, 0.5) is 0 Å². The third kappa shape index (κ3) is 5.34. The first-order chi connectivity index (χ1) is 12.9. The van der Waals surface area contributed by atoms with Crippen LogP contribution in [0.5, 0.6) is 0 Å². The van der Waals surface area contributed by atoms with E-state index in [0.29, 0.717) is 28.1 Å². The first-order valence-corrected chi connectivity index (χ1v) is 9.79. The third-order valence-electron chi connectivity index (χ3n) is 3.72. The number of carbonyl (C=O) groups excluding carboxylic acids is 1. The quantitative estimate of drug-likeness (QED) is 0.353. The van der Waals surface area contributed by atoms with E-state index in [2.05, 4.69) is 27.5 Å². The van der Waals surface area contributed by atoms with E-state index in [1.54, 1.807) is 35.8 Å². The molecule has 0 bridgehead atoms. The van der Waals surface area contributed by atoms with Gasteiger partial charge in [-0.25, -0.2) is 9.78 Å². The van der Waals surface area contributed by atoms with Crippen molar-refractivity contribution in [3.8, 4) is 0 Å². The minimum absolute atomic E-state index is 0.269. The Kier molecular flexibility index (Phi) is 7.90. The minimum Gasteiger partial charge on any atom is -0.461 e. The number of rotatable bonds is 7. The summed E-state index contributed by atoms with van der Waals surface area (Å²) in [5.41, 5.74) is 1.84. The average Bonchev–Trinajstić information content (AvgIpc) is 3.06. The van der Waals surface area contributed by atoms with Gasteiger partial charge in [0, 0.05) is 20.1 Å². The molecule has 0 spiro atoms. The highest BCUT2D eigenvalue weighted by Gasteiger charge is 2.20. The normalized spacial score (nSPS) is 12.2. The second kappa shape index (κ2) is 9.93. The van der Waals surface area contributed by atoms with Gasteiger partial charge in [-0.2, -0.15) is 0 Å². The Bertz CT molecular complexity index is 917. The predicted octanol–water partition coefficient (Wildman–Crippen LogP) is 6.28. The number of carbonyl (C=O) groups is 1. The predicted molar refractivity (Wildman–Crippen MR) is 115 cm³/mol. The lowest BCUT2D eigenvalue weighted by Gasteiger charge is -2.13. The number of allylic oxidation sites excluding steroid dienone is 5. The fraction of sp³-hybridized carbons (Fsp3) is 0.200. The fourth-order valence-corrected chi connectivity index (χ4v) is 3.03. The Labute approximate surface area is 177 Å². The number of imidazole rings is 1. The van der Waals surface area contributed by atoms with E-state index in [1.807, 2.05) is 19.1 Å². The van der Waals surface area contributed by atoms with Crippen molar-refractivity contribution in [1.29, 1.82) is 0 Å². The van der Waals surface area contributed by atoms with E-state index >= 15 is 0 Å². The van der Waals surface area contributed by atoms with Crippen LogP contribution in [0.25, 0.3) is 5.57 Å². The summed E-state index contributed by atoms with van der Waals surface area (Å²) < 4.78 is 7.78. The zero-order valence-corrected chi connectivity index (χ0v) is 18.1. The molecular formula is C20H19BrCl2N2O2. The van der Waals surface area contributed by atoms with Gasteiger partial charge < -0.3 is 9.30 Å². The molecule has 0 radical (unpaired) electrons. The van der Waals surface area contributed by atoms with Gasteiger partial charge >= 0.3 is 5.97 Å². The molecule has 0 fully saturated rings. The highest BCUT2D eigenvalue weighted by atomic mass is 79.9. The maximum atomic E-state index is 12.4. The first-order valence-electron chi connectivity index (χ1n) is 8.24. The van der Waals surface area contributed by atoms with Crippen molar-refractivity contribution >= 4 is 50.7 Å². The molecular weight excluding hydrogens is 451 g/mol. The van der Waals surface area contributed by atoms with Gasteiger partial charge in [0.2, 0.25) is 0 Å². The molecule has 2 aromatic rings. The van der Waals surface area contributed by atoms with Gasteiger partial charge in [0.25, 0.3) is 0 Å². The molecule has 1 aromatic heterocycles. The van der Waals surface area contributed by atoms with Gasteiger partial charge in [0.1, 0.15) is 11.5 Å². The van der Waals surface area contributed by atoms with Crippen LogP contribution >= 0.6 is 39.1 Å². The lowest BCUT2D eigenvalue weighted by molar-refractivity contribution is 0.0514. The molecule has 0 amide bonds. The smallest absolute Gasteiger partial charge is 0.356 e. The van der Waals surface area contributed by atoms with Crippen molar-refractivity contribution in [1.82, 2.24) is 9.55 Å². The van der Waals surface area contributed by atoms with Gasteiger partial charge in [0.15, 0.2) is 0 Å². The molecule has 142 valence electrons. The van der Waals surface area contributed by atoms with Gasteiger partial charge in [-0.15, -0.1) is 0 Å². The summed E-state index contributed by atoms with van der Waals surface area (Å²) in [6.45, 7) is 8.10. The summed E-state index contributed by atoms with van der Waals surface area (Å²) in [5, 5.41) is 1.11. The van der Waals surface area contributed by atoms with Gasteiger partial charge in [-0.05, 0) is 43.7 Å². The minimum atomic E-state index is -0.456. The second-order valence-electron chi connectivity index (χ2n) is 5.49. The molecule has 1 aromatic carbocycles. The lowest BCUT2D eigenvalue weighted by atomic mass is 10.2. The SMILES string of the molecule is C=C/C(=C\C(Br)=C/C)c1ncc(C(=O)OCC)n1Cc1cc(Cl)ccc1Cl. The fourth-order valence-electron chi connectivity index (χ4n) is 2.42. The number of halogens is 3. The summed E-state index contributed by atoms with van der Waals surface area (Å²) in [6, 6.07) is 5.20. The van der Waals surface area contributed by atoms with Crippen LogP contribution in [-0.2, 0) is 11.3 Å². The molecule has 0 atom stereocenters. The van der Waals surface area contributed by atoms with E-state index in [9.17, 15) is 4.79 Å². The summed E-state index contributed by atoms with van der Waals surface area (Å²) in [7, 11) is 0. The van der Waals surface area contributed by atoms with Crippen LogP contribution in [0, 0.1) is 0 Å². The van der Waals surface area contributed by atoms with Crippen LogP contribution in [0.2, 0.25) is 10.0 Å². The summed E-state index contributed by atoms with van der Waals surface area (Å²) in [6.07, 6.45) is 6.95. The van der Waals surface area contributed by atoms with E-state index in [1.165, 1.54) is 6.20 Å². The largest absolute Gasteiger partial charge is 0.461 e. The molecule has 1 heterocycles. The molecule has 0 aliphatic heterocycles. The number of ether oxygens (including phenoxy) is 1. The lowest BCUT2D eigenvalue weighted by Crippen LogP contribution is -2.15. The van der Waals surface area contributed by atoms with E-state index in [0.717, 1.165) is 15.6 Å². The highest BCUT2D eigenvalue weighted by molar-refractivity contribution is 9.11. The zero-order chi connectivity index (χ0) is 20.0. The highest BCUT2D eigenvalue weighted by Crippen LogP contribution is 2.26. The van der Waals surface area contributed by atoms with Crippen molar-refractivity contribution < 1.29 is 9.53 Å². The Morgan fingerprint density at radius 3 is 2.78 bits per heavy atom. The molecule has 0 aliphatic carbocycles. The van der Waals surface area contributed by atoms with Crippen LogP contribution < -0.4 is 0 Å². The number of esters is 1. The van der Waals surface area contributed by atoms with Crippen molar-refractivity contribution in [3.63, 3.8) is 0 Å². The van der Waals surface area contributed by atoms with Crippen molar-refractivity contribution in [2.24, 2.45) is 0 Å². The van der Waals surface area contributed by atoms with Gasteiger partial charge in [0.05, 0.1) is 19.3 Å². The maximum Gasteiger partial charge on any atom is 0.356 e. The molecule has 0 saturated heterocycles. The Hall–Kier alpha value is -1.82. The van der Waals surface area contributed by atoms with E-state index < -0.39 is 5.97 Å². The maximum absolute atomic E-state index is 12.4. The van der Waals surface area contributed by atoms with Crippen LogP contribution in [0.15, 0.2) is 53.7 Å². The number of hydrogen-bond acceptors (Lipinski definition) is 3. The summed E-state index contributed by atoms with van der Waals surface area (Å²) in [5.74, 6) is 0.116. The van der Waals surface area contributed by atoms with E-state index in [-0.39, 0.29) is 6.61 Å². The van der Waals surface area contributed by atoms with Crippen LogP contribution in [-0.4, -0.2) is 22.1 Å². The third-order valence-corrected chi connectivity index (χ3v) is 5.01. The Balaban J connectivity index is 2.61. The van der Waals surface area contributed by atoms with Crippen molar-refractivity contribution in [2.45, 2.75) is 20.4 Å². The number of hydrogen-bond donors (Lipinski definition) is 0. The standard InChI is InChI=1S/C20H19BrCl2N2O2/c1-4-13(9-15(21)5-2)19-24-11-18(20(26)27-6-3)25(19)12-14-10-16(22)7-8-17(14)23/h4-5,7-11H,1,6,12H2,2-3H3/b13-9+,15-5+. The summed E-state index contributed by atoms with van der Waals surface area (Å²) in [4.78, 5) is 16.8. The summed E-state index contributed by atoms with van der Waals surface area (Å²) >= 11 is 15.9. The second-order valence-corrected chi connectivity index (χ2v) is 7.25. The van der Waals surface area contributed by atoms with Crippen LogP contribution in [0.1, 0.15) is 35.7 Å². The monoisotopic (exact) mass is 468 g/mol. The average molecular weight is 470 g/mol. The molecule has 0 saturated carbocycles. The molecule has 4 nitrogen and oxygen atoms in total. The molecule has 0 aliphatic rings. The van der Waals surface area contributed by atoms with Gasteiger partial charge in [-0.1, -0.05) is 57.9 Å². The molecule has 27 heavy (non-hydrogen) atoms. The number of benzene rings is 1. The number of nitrogens with zero attached hydrogens (tertiary/aromatic N) is 2. The van der Waals surface area contributed by atoms with Crippen molar-refractivity contribution in [2.75, 3.05) is 6.61 Å². The first kappa shape index (κ1) is 21.5. The van der Waals surface area contributed by atoms with E-state index in [4.69, 9.17) is 27.9 Å².